The van der Waals surface area contributed by atoms with Crippen molar-refractivity contribution in [3.8, 4) is 17.2 Å². The Hall–Kier alpha value is -1.93. The van der Waals surface area contributed by atoms with Crippen LogP contribution in [-0.2, 0) is 5.75 Å². The average molecular weight is 306 g/mol. The van der Waals surface area contributed by atoms with Crippen molar-refractivity contribution < 1.29 is 9.26 Å². The average Bonchev–Trinajstić information content (AvgIpc) is 3.17. The van der Waals surface area contributed by atoms with E-state index in [0.717, 1.165) is 15.7 Å². The number of ether oxygens (including phenoxy) is 1. The number of thioether (sulfide) groups is 1. The number of hydrogen-bond acceptors (Lipinski definition) is 8. The highest BCUT2D eigenvalue weighted by Crippen LogP contribution is 2.25. The molecule has 3 rings (SSSR count). The number of rotatable bonds is 5. The van der Waals surface area contributed by atoms with Crippen LogP contribution in [0, 0.1) is 0 Å². The van der Waals surface area contributed by atoms with Crippen molar-refractivity contribution in [2.24, 2.45) is 0 Å². The molecule has 2 aromatic heterocycles. The van der Waals surface area contributed by atoms with E-state index in [1.54, 1.807) is 12.6 Å². The first-order valence-electron chi connectivity index (χ1n) is 5.71. The summed E-state index contributed by atoms with van der Waals surface area (Å²) in [5.74, 6) is 2.53. The van der Waals surface area contributed by atoms with Gasteiger partial charge in [-0.2, -0.15) is 4.98 Å². The van der Waals surface area contributed by atoms with Crippen LogP contribution in [0.15, 0.2) is 38.6 Å². The molecule has 3 aromatic rings. The van der Waals surface area contributed by atoms with Crippen LogP contribution in [0.5, 0.6) is 5.75 Å². The molecule has 0 amide bonds. The van der Waals surface area contributed by atoms with Gasteiger partial charge in [-0.05, 0) is 24.3 Å². The number of methoxy groups -OCH3 is 1. The fourth-order valence-corrected chi connectivity index (χ4v) is 2.85. The third kappa shape index (κ3) is 2.97. The van der Waals surface area contributed by atoms with E-state index in [1.165, 1.54) is 23.1 Å². The van der Waals surface area contributed by atoms with Crippen molar-refractivity contribution in [2.75, 3.05) is 7.11 Å². The van der Waals surface area contributed by atoms with Gasteiger partial charge in [0.05, 0.1) is 12.9 Å². The predicted molar refractivity (Wildman–Crippen MR) is 75.8 cm³/mol. The maximum absolute atomic E-state index is 5.25. The molecule has 0 atom stereocenters. The molecule has 20 heavy (non-hydrogen) atoms. The fourth-order valence-electron chi connectivity index (χ4n) is 1.52. The minimum Gasteiger partial charge on any atom is -0.497 e. The molecule has 6 nitrogen and oxygen atoms in total. The summed E-state index contributed by atoms with van der Waals surface area (Å²) >= 11 is 3.02. The van der Waals surface area contributed by atoms with Crippen LogP contribution in [0.25, 0.3) is 11.5 Å². The van der Waals surface area contributed by atoms with Gasteiger partial charge in [-0.15, -0.1) is 10.2 Å². The Bertz CT molecular complexity index is 667. The van der Waals surface area contributed by atoms with E-state index in [1.807, 2.05) is 24.3 Å². The summed E-state index contributed by atoms with van der Waals surface area (Å²) < 4.78 is 11.2. The highest BCUT2D eigenvalue weighted by molar-refractivity contribution is 8.00. The highest BCUT2D eigenvalue weighted by atomic mass is 32.2. The van der Waals surface area contributed by atoms with E-state index in [-0.39, 0.29) is 0 Å². The molecule has 0 aliphatic heterocycles. The van der Waals surface area contributed by atoms with E-state index >= 15 is 0 Å². The summed E-state index contributed by atoms with van der Waals surface area (Å²) in [5.41, 5.74) is 2.56. The number of nitrogens with zero attached hydrogens (tertiary/aromatic N) is 4. The molecule has 0 N–H and O–H groups in total. The predicted octanol–water partition coefficient (Wildman–Crippen LogP) is 2.89. The lowest BCUT2D eigenvalue weighted by Crippen LogP contribution is -1.85. The third-order valence-electron chi connectivity index (χ3n) is 2.47. The van der Waals surface area contributed by atoms with Crippen molar-refractivity contribution >= 4 is 23.1 Å². The van der Waals surface area contributed by atoms with Crippen LogP contribution in [0.4, 0.5) is 0 Å². The van der Waals surface area contributed by atoms with Gasteiger partial charge in [-0.1, -0.05) is 28.3 Å². The van der Waals surface area contributed by atoms with Gasteiger partial charge < -0.3 is 9.26 Å². The molecule has 0 bridgehead atoms. The molecular weight excluding hydrogens is 296 g/mol. The number of aromatic nitrogens is 4. The van der Waals surface area contributed by atoms with Gasteiger partial charge in [-0.25, -0.2) is 0 Å². The summed E-state index contributed by atoms with van der Waals surface area (Å²) in [5, 5.41) is 11.7. The van der Waals surface area contributed by atoms with E-state index in [9.17, 15) is 0 Å². The topological polar surface area (TPSA) is 73.9 Å². The van der Waals surface area contributed by atoms with Crippen molar-refractivity contribution in [1.82, 2.24) is 20.3 Å². The van der Waals surface area contributed by atoms with Crippen LogP contribution in [0.3, 0.4) is 0 Å². The van der Waals surface area contributed by atoms with Crippen LogP contribution in [0.2, 0.25) is 0 Å². The lowest BCUT2D eigenvalue weighted by molar-refractivity contribution is 0.414. The molecule has 0 saturated heterocycles. The summed E-state index contributed by atoms with van der Waals surface area (Å²) in [7, 11) is 1.63. The van der Waals surface area contributed by atoms with Crippen molar-refractivity contribution in [3.05, 3.63) is 35.6 Å². The Balaban J connectivity index is 1.69. The summed E-state index contributed by atoms with van der Waals surface area (Å²) in [6, 6.07) is 7.48. The van der Waals surface area contributed by atoms with Gasteiger partial charge in [0, 0.05) is 5.56 Å². The Kier molecular flexibility index (Phi) is 3.93. The first kappa shape index (κ1) is 13.1. The second-order valence-corrected chi connectivity index (χ2v) is 5.79. The molecule has 8 heteroatoms. The molecule has 2 heterocycles. The fraction of sp³-hybridized carbons (Fsp3) is 0.167. The molecular formula is C12H10N4O2S2. The van der Waals surface area contributed by atoms with Gasteiger partial charge in [0.1, 0.15) is 11.3 Å². The molecule has 0 fully saturated rings. The quantitative estimate of drug-likeness (QED) is 0.671. The molecule has 0 unspecified atom stereocenters. The Morgan fingerprint density at radius 2 is 2.15 bits per heavy atom. The zero-order chi connectivity index (χ0) is 13.8. The first-order chi connectivity index (χ1) is 9.85. The summed E-state index contributed by atoms with van der Waals surface area (Å²) in [4.78, 5) is 4.35. The van der Waals surface area contributed by atoms with Gasteiger partial charge >= 0.3 is 0 Å². The van der Waals surface area contributed by atoms with Gasteiger partial charge in [-0.3, -0.25) is 0 Å². The number of hydrogen-bond donors (Lipinski definition) is 0. The maximum Gasteiger partial charge on any atom is 0.257 e. The number of benzene rings is 1. The lowest BCUT2D eigenvalue weighted by atomic mass is 10.2. The second kappa shape index (κ2) is 6.02. The van der Waals surface area contributed by atoms with E-state index in [0.29, 0.717) is 17.5 Å². The molecule has 102 valence electrons. The maximum atomic E-state index is 5.25. The smallest absolute Gasteiger partial charge is 0.257 e. The van der Waals surface area contributed by atoms with Crippen LogP contribution in [0.1, 0.15) is 5.82 Å². The minimum absolute atomic E-state index is 0.500. The zero-order valence-electron chi connectivity index (χ0n) is 10.5. The second-order valence-electron chi connectivity index (χ2n) is 3.74. The van der Waals surface area contributed by atoms with E-state index in [4.69, 9.17) is 9.26 Å². The monoisotopic (exact) mass is 306 g/mol. The van der Waals surface area contributed by atoms with E-state index in [2.05, 4.69) is 20.3 Å². The first-order valence-corrected chi connectivity index (χ1v) is 7.57. The highest BCUT2D eigenvalue weighted by Gasteiger charge is 2.10. The van der Waals surface area contributed by atoms with Crippen molar-refractivity contribution in [1.29, 1.82) is 0 Å². The zero-order valence-corrected chi connectivity index (χ0v) is 12.1. The van der Waals surface area contributed by atoms with Crippen LogP contribution >= 0.6 is 23.1 Å². The molecule has 1 aromatic carbocycles. The Morgan fingerprint density at radius 1 is 1.30 bits per heavy atom. The van der Waals surface area contributed by atoms with Crippen LogP contribution in [-0.4, -0.2) is 27.4 Å². The Labute approximate surface area is 123 Å². The lowest BCUT2D eigenvalue weighted by Gasteiger charge is -1.98. The van der Waals surface area contributed by atoms with Gasteiger partial charge in [0.2, 0.25) is 0 Å². The van der Waals surface area contributed by atoms with Crippen molar-refractivity contribution in [2.45, 2.75) is 10.1 Å². The SMILES string of the molecule is COc1ccc(-c2nc(CSc3nncs3)no2)cc1. The van der Waals surface area contributed by atoms with Crippen LogP contribution < -0.4 is 4.74 Å². The van der Waals surface area contributed by atoms with Gasteiger partial charge in [0.15, 0.2) is 10.2 Å². The summed E-state index contributed by atoms with van der Waals surface area (Å²) in [6.07, 6.45) is 0. The summed E-state index contributed by atoms with van der Waals surface area (Å²) in [6.45, 7) is 0. The standard InChI is InChI=1S/C12H10N4O2S2/c1-17-9-4-2-8(3-5-9)11-14-10(16-18-11)6-19-12-15-13-7-20-12/h2-5,7H,6H2,1H3. The van der Waals surface area contributed by atoms with Crippen molar-refractivity contribution in [3.63, 3.8) is 0 Å². The van der Waals surface area contributed by atoms with E-state index < -0.39 is 0 Å². The molecule has 0 aliphatic carbocycles. The molecule has 0 aliphatic rings. The molecule has 0 saturated carbocycles. The molecule has 0 radical (unpaired) electrons. The third-order valence-corrected chi connectivity index (χ3v) is 4.33. The normalized spacial score (nSPS) is 10.7. The molecule has 0 spiro atoms. The van der Waals surface area contributed by atoms with Gasteiger partial charge in [0.25, 0.3) is 5.89 Å². The largest absolute Gasteiger partial charge is 0.497 e. The Morgan fingerprint density at radius 3 is 2.85 bits per heavy atom. The minimum atomic E-state index is 0.500.